The van der Waals surface area contributed by atoms with Gasteiger partial charge in [-0.15, -0.1) is 0 Å². The van der Waals surface area contributed by atoms with E-state index < -0.39 is 10.0 Å². The lowest BCUT2D eigenvalue weighted by atomic mass is 10.5. The van der Waals surface area contributed by atoms with E-state index in [1.807, 2.05) is 6.92 Å². The fraction of sp³-hybridized carbons (Fsp3) is 0.667. The van der Waals surface area contributed by atoms with Crippen molar-refractivity contribution in [1.29, 1.82) is 0 Å². The van der Waals surface area contributed by atoms with Crippen LogP contribution in [0.15, 0.2) is 17.3 Å². The van der Waals surface area contributed by atoms with Crippen LogP contribution in [0.25, 0.3) is 0 Å². The van der Waals surface area contributed by atoms with Crippen LogP contribution < -0.4 is 0 Å². The summed E-state index contributed by atoms with van der Waals surface area (Å²) in [6.45, 7) is 4.33. The fourth-order valence-corrected chi connectivity index (χ4v) is 2.95. The van der Waals surface area contributed by atoms with Crippen LogP contribution in [0.2, 0.25) is 0 Å². The van der Waals surface area contributed by atoms with Crippen molar-refractivity contribution in [3.63, 3.8) is 0 Å². The molecule has 0 aliphatic carbocycles. The first-order valence-corrected chi connectivity index (χ1v) is 6.69. The minimum atomic E-state index is -3.38. The van der Waals surface area contributed by atoms with Crippen LogP contribution >= 0.6 is 0 Å². The van der Waals surface area contributed by atoms with Crippen LogP contribution in [-0.4, -0.2) is 48.8 Å². The third kappa shape index (κ3) is 2.11. The van der Waals surface area contributed by atoms with Crippen molar-refractivity contribution in [2.45, 2.75) is 18.4 Å². The van der Waals surface area contributed by atoms with Crippen molar-refractivity contribution in [2.24, 2.45) is 0 Å². The molecule has 2 heterocycles. The number of nitrogens with zero attached hydrogens (tertiary/aromatic N) is 3. The second-order valence-electron chi connectivity index (χ2n) is 3.55. The molecular formula is C9H15N3O3S. The summed E-state index contributed by atoms with van der Waals surface area (Å²) >= 11 is 0. The van der Waals surface area contributed by atoms with E-state index in [2.05, 4.69) is 5.10 Å². The Labute approximate surface area is 94.9 Å². The van der Waals surface area contributed by atoms with Gasteiger partial charge >= 0.3 is 0 Å². The van der Waals surface area contributed by atoms with E-state index in [-0.39, 0.29) is 4.90 Å². The zero-order valence-corrected chi connectivity index (χ0v) is 9.98. The molecule has 0 amide bonds. The highest BCUT2D eigenvalue weighted by molar-refractivity contribution is 7.89. The van der Waals surface area contributed by atoms with Gasteiger partial charge in [-0.05, 0) is 6.92 Å². The van der Waals surface area contributed by atoms with E-state index in [4.69, 9.17) is 4.74 Å². The third-order valence-corrected chi connectivity index (χ3v) is 4.39. The minimum absolute atomic E-state index is 0.260. The molecule has 0 bridgehead atoms. The van der Waals surface area contributed by atoms with Crippen molar-refractivity contribution in [3.05, 3.63) is 12.4 Å². The number of hydrogen-bond donors (Lipinski definition) is 0. The van der Waals surface area contributed by atoms with E-state index in [1.165, 1.54) is 10.5 Å². The summed E-state index contributed by atoms with van der Waals surface area (Å²) in [6, 6.07) is 0. The summed E-state index contributed by atoms with van der Waals surface area (Å²) in [6.07, 6.45) is 2.96. The summed E-state index contributed by atoms with van der Waals surface area (Å²) in [4.78, 5) is 0.260. The average Bonchev–Trinajstić information content (AvgIpc) is 2.79. The van der Waals surface area contributed by atoms with Crippen LogP contribution in [0.5, 0.6) is 0 Å². The van der Waals surface area contributed by atoms with Crippen molar-refractivity contribution >= 4 is 10.0 Å². The molecule has 0 spiro atoms. The SMILES string of the molecule is CCn1cc(S(=O)(=O)N2CCOCC2)cn1. The number of ether oxygens (including phenoxy) is 1. The molecule has 7 heteroatoms. The maximum absolute atomic E-state index is 12.1. The third-order valence-electron chi connectivity index (χ3n) is 2.54. The van der Waals surface area contributed by atoms with Crippen LogP contribution in [0.3, 0.4) is 0 Å². The van der Waals surface area contributed by atoms with E-state index >= 15 is 0 Å². The van der Waals surface area contributed by atoms with Gasteiger partial charge in [0.15, 0.2) is 0 Å². The molecule has 1 aromatic rings. The average molecular weight is 245 g/mol. The van der Waals surface area contributed by atoms with Gasteiger partial charge in [0.05, 0.1) is 19.4 Å². The second kappa shape index (κ2) is 4.52. The van der Waals surface area contributed by atoms with Gasteiger partial charge in [-0.1, -0.05) is 0 Å². The molecule has 0 unspecified atom stereocenters. The molecule has 0 aromatic carbocycles. The number of rotatable bonds is 3. The van der Waals surface area contributed by atoms with Gasteiger partial charge in [0.25, 0.3) is 0 Å². The first-order valence-electron chi connectivity index (χ1n) is 5.25. The minimum Gasteiger partial charge on any atom is -0.379 e. The Bertz CT molecular complexity index is 448. The van der Waals surface area contributed by atoms with Gasteiger partial charge in [-0.2, -0.15) is 9.40 Å². The van der Waals surface area contributed by atoms with Gasteiger partial charge in [0.2, 0.25) is 10.0 Å². The van der Waals surface area contributed by atoms with Gasteiger partial charge in [-0.3, -0.25) is 4.68 Å². The molecule has 90 valence electrons. The normalized spacial score (nSPS) is 18.8. The molecule has 1 aliphatic rings. The zero-order valence-electron chi connectivity index (χ0n) is 9.16. The van der Waals surface area contributed by atoms with E-state index in [9.17, 15) is 8.42 Å². The van der Waals surface area contributed by atoms with Gasteiger partial charge in [0.1, 0.15) is 4.90 Å². The van der Waals surface area contributed by atoms with Crippen LogP contribution in [0.1, 0.15) is 6.92 Å². The largest absolute Gasteiger partial charge is 0.379 e. The molecule has 6 nitrogen and oxygen atoms in total. The Kier molecular flexibility index (Phi) is 3.27. The smallest absolute Gasteiger partial charge is 0.246 e. The van der Waals surface area contributed by atoms with Crippen molar-refractivity contribution in [1.82, 2.24) is 14.1 Å². The molecular weight excluding hydrogens is 230 g/mol. The lowest BCUT2D eigenvalue weighted by Crippen LogP contribution is -2.40. The molecule has 0 N–H and O–H groups in total. The van der Waals surface area contributed by atoms with Crippen LogP contribution in [0.4, 0.5) is 0 Å². The van der Waals surface area contributed by atoms with E-state index in [0.717, 1.165) is 0 Å². The predicted molar refractivity (Wildman–Crippen MR) is 57.5 cm³/mol. The molecule has 1 aromatic heterocycles. The monoisotopic (exact) mass is 245 g/mol. The van der Waals surface area contributed by atoms with Gasteiger partial charge < -0.3 is 4.74 Å². The molecule has 0 atom stereocenters. The standard InChI is InChI=1S/C9H15N3O3S/c1-2-11-8-9(7-10-11)16(13,14)12-3-5-15-6-4-12/h7-8H,2-6H2,1H3. The Balaban J connectivity index is 2.23. The summed E-state index contributed by atoms with van der Waals surface area (Å²) in [7, 11) is -3.38. The van der Waals surface area contributed by atoms with E-state index in [1.54, 1.807) is 10.9 Å². The van der Waals surface area contributed by atoms with Crippen LogP contribution in [-0.2, 0) is 21.3 Å². The lowest BCUT2D eigenvalue weighted by molar-refractivity contribution is 0.0730. The first kappa shape index (κ1) is 11.6. The molecule has 2 rings (SSSR count). The molecule has 1 fully saturated rings. The van der Waals surface area contributed by atoms with E-state index in [0.29, 0.717) is 32.8 Å². The number of aryl methyl sites for hydroxylation is 1. The molecule has 0 saturated carbocycles. The van der Waals surface area contributed by atoms with Crippen LogP contribution in [0, 0.1) is 0 Å². The number of sulfonamides is 1. The molecule has 1 aliphatic heterocycles. The topological polar surface area (TPSA) is 64.4 Å². The fourth-order valence-electron chi connectivity index (χ4n) is 1.59. The Morgan fingerprint density at radius 3 is 2.69 bits per heavy atom. The maximum Gasteiger partial charge on any atom is 0.246 e. The highest BCUT2D eigenvalue weighted by Crippen LogP contribution is 2.15. The quantitative estimate of drug-likeness (QED) is 0.747. The number of hydrogen-bond acceptors (Lipinski definition) is 4. The molecule has 1 saturated heterocycles. The number of morpholine rings is 1. The van der Waals surface area contributed by atoms with Gasteiger partial charge in [0, 0.05) is 25.8 Å². The Morgan fingerprint density at radius 2 is 2.12 bits per heavy atom. The Morgan fingerprint density at radius 1 is 1.44 bits per heavy atom. The summed E-state index contributed by atoms with van der Waals surface area (Å²) in [5, 5.41) is 3.98. The summed E-state index contributed by atoms with van der Waals surface area (Å²) in [5.74, 6) is 0. The van der Waals surface area contributed by atoms with Crippen molar-refractivity contribution < 1.29 is 13.2 Å². The van der Waals surface area contributed by atoms with Crippen molar-refractivity contribution in [3.8, 4) is 0 Å². The van der Waals surface area contributed by atoms with Crippen molar-refractivity contribution in [2.75, 3.05) is 26.3 Å². The maximum atomic E-state index is 12.1. The molecule has 16 heavy (non-hydrogen) atoms. The first-order chi connectivity index (χ1) is 7.64. The summed E-state index contributed by atoms with van der Waals surface area (Å²) in [5.41, 5.74) is 0. The summed E-state index contributed by atoms with van der Waals surface area (Å²) < 4.78 is 32.4. The molecule has 0 radical (unpaired) electrons. The number of aromatic nitrogens is 2. The van der Waals surface area contributed by atoms with Gasteiger partial charge in [-0.25, -0.2) is 8.42 Å². The predicted octanol–water partition coefficient (Wildman–Crippen LogP) is -0.0761. The highest BCUT2D eigenvalue weighted by atomic mass is 32.2. The zero-order chi connectivity index (χ0) is 11.6. The Hall–Kier alpha value is -0.920. The lowest BCUT2D eigenvalue weighted by Gasteiger charge is -2.25. The highest BCUT2D eigenvalue weighted by Gasteiger charge is 2.27. The second-order valence-corrected chi connectivity index (χ2v) is 5.49.